The van der Waals surface area contributed by atoms with Crippen molar-refractivity contribution >= 4 is 11.8 Å². The zero-order chi connectivity index (χ0) is 18.5. The zero-order valence-electron chi connectivity index (χ0n) is 13.6. The summed E-state index contributed by atoms with van der Waals surface area (Å²) < 4.78 is 1.72. The minimum atomic E-state index is -1.15. The molecule has 0 fully saturated rings. The van der Waals surface area contributed by atoms with Crippen molar-refractivity contribution in [1.29, 1.82) is 0 Å². The van der Waals surface area contributed by atoms with Crippen LogP contribution in [-0.2, 0) is 6.42 Å². The first-order chi connectivity index (χ1) is 12.5. The Labute approximate surface area is 148 Å². The highest BCUT2D eigenvalue weighted by atomic mass is 16.6. The summed E-state index contributed by atoms with van der Waals surface area (Å²) in [5, 5.41) is 22.5. The number of hydrogen-bond donors (Lipinski definition) is 2. The van der Waals surface area contributed by atoms with Crippen LogP contribution in [0, 0.1) is 10.1 Å². The summed E-state index contributed by atoms with van der Waals surface area (Å²) in [4.78, 5) is 25.9. The van der Waals surface area contributed by atoms with Crippen molar-refractivity contribution in [3.63, 3.8) is 0 Å². The molecule has 1 amide bonds. The number of hydrogen-bond acceptors (Lipinski definition) is 4. The van der Waals surface area contributed by atoms with Crippen LogP contribution in [0.2, 0.25) is 0 Å². The number of nitro groups is 1. The lowest BCUT2D eigenvalue weighted by Crippen LogP contribution is -2.30. The van der Waals surface area contributed by atoms with Gasteiger partial charge >= 0.3 is 6.09 Å². The highest BCUT2D eigenvalue weighted by Crippen LogP contribution is 2.22. The van der Waals surface area contributed by atoms with E-state index in [2.05, 4.69) is 10.3 Å². The van der Waals surface area contributed by atoms with Gasteiger partial charge in [-0.3, -0.25) is 10.1 Å². The lowest BCUT2D eigenvalue weighted by molar-refractivity contribution is -0.384. The molecule has 3 rings (SSSR count). The largest absolute Gasteiger partial charge is 0.465 e. The maximum absolute atomic E-state index is 11.2. The van der Waals surface area contributed by atoms with Gasteiger partial charge in [0.2, 0.25) is 0 Å². The van der Waals surface area contributed by atoms with Crippen molar-refractivity contribution < 1.29 is 14.8 Å². The molecule has 0 saturated carbocycles. The molecule has 8 heteroatoms. The average Bonchev–Trinajstić information content (AvgIpc) is 3.11. The second-order valence-electron chi connectivity index (χ2n) is 5.62. The maximum atomic E-state index is 11.2. The number of rotatable bonds is 6. The van der Waals surface area contributed by atoms with Gasteiger partial charge in [0, 0.05) is 36.6 Å². The lowest BCUT2D eigenvalue weighted by Gasteiger charge is -2.18. The molecule has 2 aromatic carbocycles. The van der Waals surface area contributed by atoms with Crippen LogP contribution >= 0.6 is 0 Å². The molecule has 3 aromatic rings. The van der Waals surface area contributed by atoms with Gasteiger partial charge in [0.05, 0.1) is 11.0 Å². The minimum absolute atomic E-state index is 0.0140. The molecule has 0 aliphatic heterocycles. The summed E-state index contributed by atoms with van der Waals surface area (Å²) >= 11 is 0. The van der Waals surface area contributed by atoms with E-state index in [0.29, 0.717) is 17.9 Å². The van der Waals surface area contributed by atoms with Crippen molar-refractivity contribution in [2.75, 3.05) is 0 Å². The second-order valence-corrected chi connectivity index (χ2v) is 5.62. The number of nitrogens with one attached hydrogen (secondary N) is 1. The fourth-order valence-electron chi connectivity index (χ4n) is 2.73. The van der Waals surface area contributed by atoms with E-state index in [-0.39, 0.29) is 5.69 Å². The van der Waals surface area contributed by atoms with E-state index in [1.807, 2.05) is 30.3 Å². The van der Waals surface area contributed by atoms with Gasteiger partial charge in [-0.15, -0.1) is 0 Å². The van der Waals surface area contributed by atoms with Crippen molar-refractivity contribution in [3.05, 3.63) is 88.5 Å². The molecule has 0 spiro atoms. The van der Waals surface area contributed by atoms with Gasteiger partial charge in [-0.05, 0) is 17.7 Å². The highest BCUT2D eigenvalue weighted by molar-refractivity contribution is 5.65. The van der Waals surface area contributed by atoms with E-state index < -0.39 is 17.1 Å². The molecule has 0 bridgehead atoms. The monoisotopic (exact) mass is 352 g/mol. The number of amides is 1. The van der Waals surface area contributed by atoms with Gasteiger partial charge in [-0.2, -0.15) is 0 Å². The lowest BCUT2D eigenvalue weighted by atomic mass is 10.1. The third-order valence-electron chi connectivity index (χ3n) is 3.90. The van der Waals surface area contributed by atoms with Crippen LogP contribution in [0.15, 0.2) is 67.0 Å². The second kappa shape index (κ2) is 7.47. The Morgan fingerprint density at radius 2 is 1.88 bits per heavy atom. The fourth-order valence-corrected chi connectivity index (χ4v) is 2.73. The highest BCUT2D eigenvalue weighted by Gasteiger charge is 2.20. The topological polar surface area (TPSA) is 110 Å². The summed E-state index contributed by atoms with van der Waals surface area (Å²) in [6.07, 6.45) is 2.54. The van der Waals surface area contributed by atoms with E-state index >= 15 is 0 Å². The van der Waals surface area contributed by atoms with Crippen molar-refractivity contribution in [2.45, 2.75) is 12.5 Å². The molecular weight excluding hydrogens is 336 g/mol. The van der Waals surface area contributed by atoms with Crippen LogP contribution in [-0.4, -0.2) is 25.7 Å². The Morgan fingerprint density at radius 3 is 2.50 bits per heavy atom. The summed E-state index contributed by atoms with van der Waals surface area (Å²) in [5.74, 6) is 0.505. The van der Waals surface area contributed by atoms with Gasteiger partial charge in [-0.25, -0.2) is 9.78 Å². The van der Waals surface area contributed by atoms with Crippen LogP contribution in [0.5, 0.6) is 0 Å². The van der Waals surface area contributed by atoms with E-state index in [1.165, 1.54) is 12.1 Å². The third-order valence-corrected chi connectivity index (χ3v) is 3.90. The first-order valence-electron chi connectivity index (χ1n) is 7.86. The van der Waals surface area contributed by atoms with Gasteiger partial charge in [0.1, 0.15) is 5.82 Å². The van der Waals surface area contributed by atoms with Gasteiger partial charge in [0.15, 0.2) is 0 Å². The number of carboxylic acid groups (broad SMARTS) is 1. The van der Waals surface area contributed by atoms with Gasteiger partial charge in [0.25, 0.3) is 5.69 Å². The molecule has 0 aliphatic rings. The SMILES string of the molecule is O=C(O)NC(Cc1ccccc1)c1nccn1-c1ccc([N+](=O)[O-])cc1. The van der Waals surface area contributed by atoms with Crippen molar-refractivity contribution in [3.8, 4) is 5.69 Å². The Bertz CT molecular complexity index is 906. The molecular formula is C18H16N4O4. The first kappa shape index (κ1) is 17.2. The quantitative estimate of drug-likeness (QED) is 0.522. The number of nitro benzene ring substituents is 1. The molecule has 2 N–H and O–H groups in total. The summed E-state index contributed by atoms with van der Waals surface area (Å²) in [5.41, 5.74) is 1.61. The van der Waals surface area contributed by atoms with Crippen LogP contribution < -0.4 is 5.32 Å². The molecule has 0 aliphatic carbocycles. The van der Waals surface area contributed by atoms with Gasteiger partial charge in [-0.1, -0.05) is 30.3 Å². The fraction of sp³-hybridized carbons (Fsp3) is 0.111. The predicted molar refractivity (Wildman–Crippen MR) is 94.3 cm³/mol. The molecule has 0 radical (unpaired) electrons. The molecule has 1 aromatic heterocycles. The summed E-state index contributed by atoms with van der Waals surface area (Å²) in [6.45, 7) is 0. The maximum Gasteiger partial charge on any atom is 0.405 e. The van der Waals surface area contributed by atoms with Crippen LogP contribution in [0.3, 0.4) is 0 Å². The number of carbonyl (C=O) groups is 1. The molecule has 1 unspecified atom stereocenters. The molecule has 8 nitrogen and oxygen atoms in total. The molecule has 132 valence electrons. The predicted octanol–water partition coefficient (Wildman–Crippen LogP) is 3.33. The van der Waals surface area contributed by atoms with E-state index in [4.69, 9.17) is 0 Å². The zero-order valence-corrected chi connectivity index (χ0v) is 13.6. The smallest absolute Gasteiger partial charge is 0.405 e. The van der Waals surface area contributed by atoms with Crippen molar-refractivity contribution in [1.82, 2.24) is 14.9 Å². The van der Waals surface area contributed by atoms with Crippen molar-refractivity contribution in [2.24, 2.45) is 0 Å². The van der Waals surface area contributed by atoms with Crippen LogP contribution in [0.1, 0.15) is 17.4 Å². The number of nitrogens with zero attached hydrogens (tertiary/aromatic N) is 3. The van der Waals surface area contributed by atoms with E-state index in [0.717, 1.165) is 5.56 Å². The van der Waals surface area contributed by atoms with E-state index in [9.17, 15) is 20.0 Å². The normalized spacial score (nSPS) is 11.7. The molecule has 26 heavy (non-hydrogen) atoms. The number of benzene rings is 2. The van der Waals surface area contributed by atoms with E-state index in [1.54, 1.807) is 29.1 Å². The number of imidazole rings is 1. The number of non-ortho nitro benzene ring substituents is 1. The van der Waals surface area contributed by atoms with Gasteiger partial charge < -0.3 is 15.0 Å². The summed E-state index contributed by atoms with van der Waals surface area (Å²) in [6, 6.07) is 14.9. The Balaban J connectivity index is 1.94. The first-order valence-corrected chi connectivity index (χ1v) is 7.86. The number of aromatic nitrogens is 2. The molecule has 0 saturated heterocycles. The standard InChI is InChI=1S/C18H16N4O4/c23-18(24)20-16(12-13-4-2-1-3-5-13)17-19-10-11-21(17)14-6-8-15(9-7-14)22(25)26/h1-11,16,20H,12H2,(H,23,24). The third kappa shape index (κ3) is 3.86. The average molecular weight is 352 g/mol. The minimum Gasteiger partial charge on any atom is -0.465 e. The molecule has 1 atom stereocenters. The Kier molecular flexibility index (Phi) is 4.93. The Morgan fingerprint density at radius 1 is 1.19 bits per heavy atom. The van der Waals surface area contributed by atoms with Crippen LogP contribution in [0.4, 0.5) is 10.5 Å². The molecule has 1 heterocycles. The Hall–Kier alpha value is -3.68. The summed E-state index contributed by atoms with van der Waals surface area (Å²) in [7, 11) is 0. The van der Waals surface area contributed by atoms with Crippen LogP contribution in [0.25, 0.3) is 5.69 Å².